The number of aromatic amines is 4. The summed E-state index contributed by atoms with van der Waals surface area (Å²) in [6.45, 7) is 13.5. The lowest BCUT2D eigenvalue weighted by molar-refractivity contribution is -0.140. The van der Waals surface area contributed by atoms with Gasteiger partial charge in [-0.1, -0.05) is 202 Å². The van der Waals surface area contributed by atoms with E-state index < -0.39 is 11.9 Å². The lowest BCUT2D eigenvalue weighted by Gasteiger charge is -2.09. The molecule has 0 bridgehead atoms. The van der Waals surface area contributed by atoms with Crippen molar-refractivity contribution in [3.8, 4) is 50.4 Å². The molecule has 536 valence electrons. The van der Waals surface area contributed by atoms with Crippen LogP contribution in [0.15, 0.2) is 186 Å². The molecule has 0 saturated carbocycles. The van der Waals surface area contributed by atoms with Gasteiger partial charge < -0.3 is 29.5 Å². The number of benzene rings is 8. The molecule has 11 rings (SSSR count). The van der Waals surface area contributed by atoms with Gasteiger partial charge in [0.2, 0.25) is 5.88 Å². The van der Waals surface area contributed by atoms with E-state index in [2.05, 4.69) is 40.1 Å². The van der Waals surface area contributed by atoms with Crippen molar-refractivity contribution in [2.24, 2.45) is 0 Å². The number of H-pyrrole nitrogens is 4. The second-order valence-corrected chi connectivity index (χ2v) is 26.8. The number of aryl methyl sites for hydroxylation is 6. The van der Waals surface area contributed by atoms with Crippen LogP contribution in [0, 0.1) is 41.5 Å². The third-order valence-corrected chi connectivity index (χ3v) is 18.3. The fraction of sp³-hybridized carbons (Fsp3) is 0.179. The SMILES string of the molecule is C/C=C(\C(=O)OC)c1ccc(C)cc1Cl.COC(=O)Cc1ccc(C)cc1Cl.COc1[nH]ncc1-c1ccc(C)cc1Cl.Cc1ccc(-c2c[nH][nH]c2=O)c(Cl)c1.Cc1ccc(-c2cn[nH]c2SCC(=O)Cc2ccc(-c3ccc(CC(=O)O)cc3)cc2Cl)c(Cl)c1.Cc1ccc(C(=O)O)c(Cl)c1. The summed E-state index contributed by atoms with van der Waals surface area (Å²) >= 11 is 44.1. The number of ether oxygens (including phenoxy) is 3. The Morgan fingerprint density at radius 1 is 0.485 bits per heavy atom. The van der Waals surface area contributed by atoms with E-state index in [0.29, 0.717) is 52.7 Å². The molecule has 103 heavy (non-hydrogen) atoms. The Hall–Kier alpha value is -9.34. The second-order valence-electron chi connectivity index (χ2n) is 22.9. The number of aromatic carboxylic acids is 1. The summed E-state index contributed by atoms with van der Waals surface area (Å²) in [5.41, 5.74) is 16.5. The lowest BCUT2D eigenvalue weighted by Crippen LogP contribution is -2.06. The van der Waals surface area contributed by atoms with Crippen molar-refractivity contribution in [3.05, 3.63) is 283 Å². The summed E-state index contributed by atoms with van der Waals surface area (Å²) in [5, 5.41) is 41.1. The number of hydrogen-bond donors (Lipinski definition) is 6. The standard InChI is InChI=1S/C27H22Cl2N2O3S.C12H13ClO2.C11H11ClN2O.C10H9ClN2O.C10H11ClO2.C8H7ClO2/c1-16-2-9-22(25(29)10-16)23-14-30-31-27(23)35-15-21(32)12-20-8-7-19(13-24(20)28)18-5-3-17(4-6-18)11-26(33)34;1-4-9(12(14)15-3)10-6-5-8(2)7-11(10)13;1-7-3-4-8(10(12)5-7)9-6-13-14-11(9)15-2;1-6-2-3-7(9(11)4-6)8-5-12-13-10(8)14;1-7-3-4-8(9(11)5-7)6-10(12)13-2;1-5-2-3-6(8(10)11)7(9)4-5/h2-10,13-14H,11-12,15H2,1H3,(H,30,31)(H,33,34);4-7H,1-3H3;3-6H,1-2H3,(H,13,14);2-5H,1H3,(H2,12,13,14);3-5H,6H2,1-2H3;2-4H,1H3,(H,10,11)/b;9-4-;;;;. The van der Waals surface area contributed by atoms with Gasteiger partial charge in [-0.25, -0.2) is 14.7 Å². The Bertz CT molecular complexity index is 4870. The largest absolute Gasteiger partial charge is 0.481 e. The molecule has 0 atom stereocenters. The number of methoxy groups -OCH3 is 3. The smallest absolute Gasteiger partial charge is 0.338 e. The molecule has 0 saturated heterocycles. The van der Waals surface area contributed by atoms with Gasteiger partial charge in [0, 0.05) is 70.6 Å². The van der Waals surface area contributed by atoms with Gasteiger partial charge in [-0.15, -0.1) is 0 Å². The summed E-state index contributed by atoms with van der Waals surface area (Å²) in [7, 11) is 4.32. The van der Waals surface area contributed by atoms with E-state index in [1.807, 2.05) is 163 Å². The van der Waals surface area contributed by atoms with Crippen LogP contribution in [0.25, 0.3) is 50.1 Å². The van der Waals surface area contributed by atoms with E-state index in [0.717, 1.165) is 94.0 Å². The van der Waals surface area contributed by atoms with Crippen molar-refractivity contribution in [1.82, 2.24) is 30.6 Å². The number of carboxylic acids is 2. The van der Waals surface area contributed by atoms with Crippen molar-refractivity contribution in [3.63, 3.8) is 0 Å². The van der Waals surface area contributed by atoms with Crippen LogP contribution >= 0.6 is 93.0 Å². The van der Waals surface area contributed by atoms with Crippen molar-refractivity contribution in [2.45, 2.75) is 72.8 Å². The fourth-order valence-electron chi connectivity index (χ4n) is 9.65. The number of carbonyl (C=O) groups is 5. The third-order valence-electron chi connectivity index (χ3n) is 15.0. The number of esters is 2. The molecule has 0 radical (unpaired) electrons. The summed E-state index contributed by atoms with van der Waals surface area (Å²) in [6, 6.07) is 46.3. The summed E-state index contributed by atoms with van der Waals surface area (Å²) in [5.74, 6) is -1.57. The van der Waals surface area contributed by atoms with Crippen LogP contribution in [0.2, 0.25) is 35.2 Å². The maximum absolute atomic E-state index is 12.7. The van der Waals surface area contributed by atoms with Crippen molar-refractivity contribution in [2.75, 3.05) is 27.1 Å². The van der Waals surface area contributed by atoms with Gasteiger partial charge in [0.05, 0.1) is 84.6 Å². The number of hydrogen-bond acceptors (Lipinski definition) is 12. The number of aliphatic carboxylic acids is 1. The Morgan fingerprint density at radius 2 is 0.942 bits per heavy atom. The quantitative estimate of drug-likeness (QED) is 0.0282. The van der Waals surface area contributed by atoms with Gasteiger partial charge in [0.1, 0.15) is 5.78 Å². The number of Topliss-reactive ketones (excluding diaryl/α,β-unsaturated/α-hetero) is 1. The average Bonchev–Trinajstić information content (AvgIpc) is 1.74. The molecule has 8 aromatic carbocycles. The molecule has 0 aliphatic carbocycles. The molecule has 6 N–H and O–H groups in total. The number of ketones is 1. The first-order valence-electron chi connectivity index (χ1n) is 31.3. The van der Waals surface area contributed by atoms with Gasteiger partial charge in [-0.05, 0) is 158 Å². The van der Waals surface area contributed by atoms with Crippen LogP contribution in [0.1, 0.15) is 72.9 Å². The molecule has 0 aliphatic rings. The van der Waals surface area contributed by atoms with E-state index in [-0.39, 0.29) is 58.9 Å². The minimum atomic E-state index is -0.991. The van der Waals surface area contributed by atoms with E-state index in [9.17, 15) is 28.8 Å². The van der Waals surface area contributed by atoms with E-state index >= 15 is 0 Å². The van der Waals surface area contributed by atoms with Crippen LogP contribution in [-0.4, -0.2) is 97.5 Å². The molecule has 3 aromatic heterocycles. The molecule has 0 spiro atoms. The lowest BCUT2D eigenvalue weighted by atomic mass is 10.0. The monoisotopic (exact) mass is 1550 g/mol. The molecule has 3 heterocycles. The average molecular weight is 1550 g/mol. The second kappa shape index (κ2) is 40.5. The first-order valence-corrected chi connectivity index (χ1v) is 34.9. The molecule has 0 amide bonds. The number of aromatic nitrogens is 6. The van der Waals surface area contributed by atoms with Crippen LogP contribution in [0.4, 0.5) is 0 Å². The maximum Gasteiger partial charge on any atom is 0.338 e. The predicted molar refractivity (Wildman–Crippen MR) is 415 cm³/mol. The minimum Gasteiger partial charge on any atom is -0.481 e. The number of nitrogens with zero attached hydrogens (tertiary/aromatic N) is 2. The molecule has 0 aliphatic heterocycles. The van der Waals surface area contributed by atoms with Gasteiger partial charge in [0.15, 0.2) is 0 Å². The van der Waals surface area contributed by atoms with E-state index in [1.165, 1.54) is 32.0 Å². The van der Waals surface area contributed by atoms with Gasteiger partial charge in [-0.2, -0.15) is 10.2 Å². The molecular formula is C78H73Cl7N6O11S. The van der Waals surface area contributed by atoms with E-state index in [4.69, 9.17) is 96.2 Å². The van der Waals surface area contributed by atoms with Crippen LogP contribution < -0.4 is 10.3 Å². The Balaban J connectivity index is 0.000000207. The highest BCUT2D eigenvalue weighted by Gasteiger charge is 2.18. The first-order chi connectivity index (χ1) is 49.0. The van der Waals surface area contributed by atoms with Gasteiger partial charge >= 0.3 is 23.9 Å². The van der Waals surface area contributed by atoms with Gasteiger partial charge in [0.25, 0.3) is 5.56 Å². The third kappa shape index (κ3) is 25.0. The highest BCUT2D eigenvalue weighted by molar-refractivity contribution is 8.00. The molecule has 25 heteroatoms. The number of thioether (sulfide) groups is 1. The summed E-state index contributed by atoms with van der Waals surface area (Å²) in [6.07, 6.45) is 7.16. The topological polar surface area (TPSA) is 260 Å². The van der Waals surface area contributed by atoms with Crippen LogP contribution in [0.5, 0.6) is 5.88 Å². The number of carbonyl (C=O) groups excluding carboxylic acids is 3. The number of rotatable bonds is 17. The van der Waals surface area contributed by atoms with Crippen LogP contribution in [0.3, 0.4) is 0 Å². The Labute approximate surface area is 635 Å². The Kier molecular flexibility index (Phi) is 32.5. The molecule has 0 unspecified atom stereocenters. The fourth-order valence-corrected chi connectivity index (χ4v) is 12.7. The maximum atomic E-state index is 12.7. The zero-order valence-corrected chi connectivity index (χ0v) is 63.7. The molecular weight excluding hydrogens is 1480 g/mol. The van der Waals surface area contributed by atoms with Gasteiger partial charge in [-0.3, -0.25) is 29.4 Å². The molecule has 0 fully saturated rings. The summed E-state index contributed by atoms with van der Waals surface area (Å²) in [4.78, 5) is 67.7. The zero-order valence-electron chi connectivity index (χ0n) is 57.6. The van der Waals surface area contributed by atoms with Crippen molar-refractivity contribution >= 4 is 128 Å². The number of halogens is 7. The van der Waals surface area contributed by atoms with Crippen molar-refractivity contribution in [1.29, 1.82) is 0 Å². The number of carboxylic acid groups (broad SMARTS) is 2. The Morgan fingerprint density at radius 3 is 1.41 bits per heavy atom. The first kappa shape index (κ1) is 82.6. The number of allylic oxidation sites excluding steroid dienone is 1. The summed E-state index contributed by atoms with van der Waals surface area (Å²) < 4.78 is 14.4. The number of nitrogens with one attached hydrogen (secondary N) is 4. The molecule has 11 aromatic rings. The highest BCUT2D eigenvalue weighted by Crippen LogP contribution is 2.37. The molecule has 17 nitrogen and oxygen atoms in total. The predicted octanol–water partition coefficient (Wildman–Crippen LogP) is 20.2. The zero-order chi connectivity index (χ0) is 75.6. The van der Waals surface area contributed by atoms with Crippen molar-refractivity contribution < 1.29 is 48.4 Å². The normalized spacial score (nSPS) is 10.6. The van der Waals surface area contributed by atoms with Crippen LogP contribution in [-0.2, 0) is 47.9 Å². The minimum absolute atomic E-state index is 0.0157. The van der Waals surface area contributed by atoms with E-state index in [1.54, 1.807) is 63.0 Å². The highest BCUT2D eigenvalue weighted by atomic mass is 35.5.